The summed E-state index contributed by atoms with van der Waals surface area (Å²) in [6.45, 7) is 5.59. The van der Waals surface area contributed by atoms with Crippen LogP contribution in [0, 0.1) is 0 Å². The van der Waals surface area contributed by atoms with Crippen molar-refractivity contribution in [2.75, 3.05) is 12.4 Å². The normalized spacial score (nSPS) is 13.4. The van der Waals surface area contributed by atoms with Gasteiger partial charge in [0.05, 0.1) is 24.0 Å². The second-order valence-electron chi connectivity index (χ2n) is 3.89. The number of sulfone groups is 1. The summed E-state index contributed by atoms with van der Waals surface area (Å²) in [6.07, 6.45) is 2.53. The van der Waals surface area contributed by atoms with Gasteiger partial charge in [-0.3, -0.25) is 4.79 Å². The zero-order valence-corrected chi connectivity index (χ0v) is 11.2. The number of carbonyl (C=O) groups excluding carboxylic acids is 1. The maximum atomic E-state index is 11.7. The Labute approximate surface area is 98.3 Å². The van der Waals surface area contributed by atoms with Crippen LogP contribution in [0.25, 0.3) is 0 Å². The van der Waals surface area contributed by atoms with E-state index in [0.29, 0.717) is 13.0 Å². The lowest BCUT2D eigenvalue weighted by Gasteiger charge is -2.11. The molecule has 0 saturated carbocycles. The van der Waals surface area contributed by atoms with Crippen molar-refractivity contribution in [1.82, 2.24) is 0 Å². The molecule has 0 aliphatic rings. The van der Waals surface area contributed by atoms with E-state index in [0.717, 1.165) is 12.8 Å². The van der Waals surface area contributed by atoms with E-state index in [1.54, 1.807) is 13.8 Å². The summed E-state index contributed by atoms with van der Waals surface area (Å²) in [5, 5.41) is -0.636. The van der Waals surface area contributed by atoms with Crippen molar-refractivity contribution in [3.63, 3.8) is 0 Å². The number of rotatable bonds is 8. The Balaban J connectivity index is 4.13. The van der Waals surface area contributed by atoms with Gasteiger partial charge in [0, 0.05) is 0 Å². The van der Waals surface area contributed by atoms with E-state index in [9.17, 15) is 13.2 Å². The monoisotopic (exact) mass is 250 g/mol. The Morgan fingerprint density at radius 1 is 1.25 bits per heavy atom. The first-order valence-electron chi connectivity index (χ1n) is 5.81. The predicted octanol–water partition coefficient (Wildman–Crippen LogP) is 1.93. The zero-order valence-electron chi connectivity index (χ0n) is 10.4. The average Bonchev–Trinajstić information content (AvgIpc) is 2.18. The molecule has 96 valence electrons. The van der Waals surface area contributed by atoms with Crippen molar-refractivity contribution in [3.05, 3.63) is 0 Å². The molecule has 1 atom stereocenters. The molecular weight excluding hydrogens is 228 g/mol. The molecule has 16 heavy (non-hydrogen) atoms. The van der Waals surface area contributed by atoms with Gasteiger partial charge in [-0.1, -0.05) is 19.8 Å². The van der Waals surface area contributed by atoms with Crippen molar-refractivity contribution in [1.29, 1.82) is 0 Å². The molecule has 0 radical (unpaired) electrons. The number of esters is 1. The van der Waals surface area contributed by atoms with Gasteiger partial charge in [0.2, 0.25) is 0 Å². The molecule has 0 rings (SSSR count). The van der Waals surface area contributed by atoms with Crippen LogP contribution in [0.3, 0.4) is 0 Å². The SMILES string of the molecule is CCCCCS(=O)(=O)C(C)CC(=O)OCC. The zero-order chi connectivity index (χ0) is 12.6. The number of carbonyl (C=O) groups is 1. The fourth-order valence-electron chi connectivity index (χ4n) is 1.34. The Morgan fingerprint density at radius 3 is 2.38 bits per heavy atom. The van der Waals surface area contributed by atoms with Gasteiger partial charge in [-0.15, -0.1) is 0 Å². The molecule has 0 aromatic heterocycles. The van der Waals surface area contributed by atoms with Gasteiger partial charge in [-0.25, -0.2) is 8.42 Å². The van der Waals surface area contributed by atoms with E-state index in [1.807, 2.05) is 6.92 Å². The topological polar surface area (TPSA) is 60.4 Å². The van der Waals surface area contributed by atoms with Crippen molar-refractivity contribution in [3.8, 4) is 0 Å². The maximum Gasteiger partial charge on any atom is 0.307 e. The minimum atomic E-state index is -3.15. The lowest BCUT2D eigenvalue weighted by molar-refractivity contribution is -0.143. The van der Waals surface area contributed by atoms with Gasteiger partial charge >= 0.3 is 5.97 Å². The molecule has 0 N–H and O–H groups in total. The highest BCUT2D eigenvalue weighted by molar-refractivity contribution is 7.92. The minimum Gasteiger partial charge on any atom is -0.466 e. The second-order valence-corrected chi connectivity index (χ2v) is 6.43. The minimum absolute atomic E-state index is 0.0394. The van der Waals surface area contributed by atoms with Gasteiger partial charge in [0.15, 0.2) is 9.84 Å². The van der Waals surface area contributed by atoms with Gasteiger partial charge in [-0.05, 0) is 20.3 Å². The van der Waals surface area contributed by atoms with Gasteiger partial charge < -0.3 is 4.74 Å². The number of ether oxygens (including phenoxy) is 1. The molecule has 0 heterocycles. The quantitative estimate of drug-likeness (QED) is 0.488. The third kappa shape index (κ3) is 6.10. The standard InChI is InChI=1S/C11H22O4S/c1-4-6-7-8-16(13,14)10(3)9-11(12)15-5-2/h10H,4-9H2,1-3H3. The Kier molecular flexibility index (Phi) is 7.38. The lowest BCUT2D eigenvalue weighted by Crippen LogP contribution is -2.25. The summed E-state index contributed by atoms with van der Waals surface area (Å²) >= 11 is 0. The van der Waals surface area contributed by atoms with E-state index in [4.69, 9.17) is 4.74 Å². The molecule has 4 nitrogen and oxygen atoms in total. The fraction of sp³-hybridized carbons (Fsp3) is 0.909. The van der Waals surface area contributed by atoms with E-state index in [1.165, 1.54) is 0 Å². The summed E-state index contributed by atoms with van der Waals surface area (Å²) in [5.74, 6) is -0.268. The molecule has 0 bridgehead atoms. The van der Waals surface area contributed by atoms with Crippen LogP contribution < -0.4 is 0 Å². The van der Waals surface area contributed by atoms with Crippen molar-refractivity contribution < 1.29 is 17.9 Å². The van der Waals surface area contributed by atoms with Crippen LogP contribution in [0.4, 0.5) is 0 Å². The highest BCUT2D eigenvalue weighted by Gasteiger charge is 2.23. The van der Waals surface area contributed by atoms with Crippen molar-refractivity contribution in [2.45, 2.75) is 51.7 Å². The number of hydrogen-bond donors (Lipinski definition) is 0. The lowest BCUT2D eigenvalue weighted by atomic mass is 10.3. The number of unbranched alkanes of at least 4 members (excludes halogenated alkanes) is 2. The smallest absolute Gasteiger partial charge is 0.307 e. The van der Waals surface area contributed by atoms with E-state index in [-0.39, 0.29) is 12.2 Å². The highest BCUT2D eigenvalue weighted by Crippen LogP contribution is 2.10. The maximum absolute atomic E-state index is 11.7. The molecule has 0 aromatic rings. The van der Waals surface area contributed by atoms with E-state index in [2.05, 4.69) is 0 Å². The third-order valence-electron chi connectivity index (χ3n) is 2.40. The summed E-state index contributed by atoms with van der Waals surface area (Å²) < 4.78 is 28.2. The van der Waals surface area contributed by atoms with Crippen LogP contribution in [-0.2, 0) is 19.4 Å². The molecule has 0 saturated heterocycles. The molecule has 0 spiro atoms. The molecule has 1 unspecified atom stereocenters. The van der Waals surface area contributed by atoms with Crippen molar-refractivity contribution in [2.24, 2.45) is 0 Å². The van der Waals surface area contributed by atoms with Crippen LogP contribution in [-0.4, -0.2) is 32.0 Å². The summed E-state index contributed by atoms with van der Waals surface area (Å²) in [6, 6.07) is 0. The molecule has 0 aliphatic heterocycles. The van der Waals surface area contributed by atoms with Crippen LogP contribution in [0.5, 0.6) is 0 Å². The van der Waals surface area contributed by atoms with Crippen LogP contribution in [0.15, 0.2) is 0 Å². The third-order valence-corrected chi connectivity index (χ3v) is 4.66. The first-order chi connectivity index (χ1) is 7.44. The summed E-state index contributed by atoms with van der Waals surface area (Å²) in [4.78, 5) is 11.1. The van der Waals surface area contributed by atoms with Crippen LogP contribution in [0.2, 0.25) is 0 Å². The van der Waals surface area contributed by atoms with E-state index >= 15 is 0 Å². The predicted molar refractivity (Wildman–Crippen MR) is 64.0 cm³/mol. The molecule has 0 fully saturated rings. The van der Waals surface area contributed by atoms with Gasteiger partial charge in [0.1, 0.15) is 0 Å². The molecule has 5 heteroatoms. The Hall–Kier alpha value is -0.580. The molecule has 0 aliphatic carbocycles. The first kappa shape index (κ1) is 15.4. The van der Waals surface area contributed by atoms with Crippen LogP contribution in [0.1, 0.15) is 46.5 Å². The van der Waals surface area contributed by atoms with Crippen molar-refractivity contribution >= 4 is 15.8 Å². The molecule has 0 aromatic carbocycles. The highest BCUT2D eigenvalue weighted by atomic mass is 32.2. The first-order valence-corrected chi connectivity index (χ1v) is 7.52. The number of hydrogen-bond acceptors (Lipinski definition) is 4. The average molecular weight is 250 g/mol. The van der Waals surface area contributed by atoms with Gasteiger partial charge in [-0.2, -0.15) is 0 Å². The van der Waals surface area contributed by atoms with Gasteiger partial charge in [0.25, 0.3) is 0 Å². The fourth-order valence-corrected chi connectivity index (χ4v) is 2.73. The molecular formula is C11H22O4S. The Bertz CT molecular complexity index is 295. The second kappa shape index (κ2) is 7.65. The summed E-state index contributed by atoms with van der Waals surface area (Å²) in [7, 11) is -3.15. The molecule has 0 amide bonds. The largest absolute Gasteiger partial charge is 0.466 e. The Morgan fingerprint density at radius 2 is 1.88 bits per heavy atom. The van der Waals surface area contributed by atoms with E-state index < -0.39 is 21.1 Å². The summed E-state index contributed by atoms with van der Waals surface area (Å²) in [5.41, 5.74) is 0. The van der Waals surface area contributed by atoms with Crippen LogP contribution >= 0.6 is 0 Å².